The van der Waals surface area contributed by atoms with Crippen LogP contribution in [0, 0.1) is 5.92 Å². The van der Waals surface area contributed by atoms with Crippen molar-refractivity contribution in [1.82, 2.24) is 9.97 Å². The first kappa shape index (κ1) is 13.2. The molecule has 1 atom stereocenters. The van der Waals surface area contributed by atoms with Crippen LogP contribution in [0.2, 0.25) is 0 Å². The van der Waals surface area contributed by atoms with E-state index in [2.05, 4.69) is 45.1 Å². The van der Waals surface area contributed by atoms with E-state index in [1.807, 2.05) is 12.1 Å². The van der Waals surface area contributed by atoms with Crippen molar-refractivity contribution in [3.05, 3.63) is 29.0 Å². The monoisotopic (exact) mass is 308 g/mol. The summed E-state index contributed by atoms with van der Waals surface area (Å²) < 4.78 is 0.929. The molecular weight excluding hydrogens is 292 g/mol. The van der Waals surface area contributed by atoms with E-state index in [9.17, 15) is 0 Å². The Morgan fingerprint density at radius 3 is 2.89 bits per heavy atom. The lowest BCUT2D eigenvalue weighted by Crippen LogP contribution is -2.34. The number of pyridine rings is 2. The summed E-state index contributed by atoms with van der Waals surface area (Å²) in [4.78, 5) is 8.69. The molecule has 0 bridgehead atoms. The van der Waals surface area contributed by atoms with Crippen LogP contribution >= 0.6 is 15.9 Å². The summed E-state index contributed by atoms with van der Waals surface area (Å²) in [6.45, 7) is 4.97. The predicted molar refractivity (Wildman–Crippen MR) is 78.5 cm³/mol. The lowest BCUT2D eigenvalue weighted by molar-refractivity contribution is 0.511. The van der Waals surface area contributed by atoms with Gasteiger partial charge in [-0.05, 0) is 34.0 Å². The molecule has 2 aromatic rings. The van der Waals surface area contributed by atoms with Gasteiger partial charge < -0.3 is 11.1 Å². The van der Waals surface area contributed by atoms with Crippen LogP contribution in [0.25, 0.3) is 11.0 Å². The van der Waals surface area contributed by atoms with Crippen LogP contribution in [0.1, 0.15) is 13.8 Å². The van der Waals surface area contributed by atoms with Crippen LogP contribution < -0.4 is 11.1 Å². The summed E-state index contributed by atoms with van der Waals surface area (Å²) in [6, 6.07) is 4.01. The van der Waals surface area contributed by atoms with Gasteiger partial charge in [0.05, 0.1) is 11.2 Å². The number of hydrogen-bond acceptors (Lipinski definition) is 4. The zero-order valence-electron chi connectivity index (χ0n) is 10.5. The molecule has 0 saturated heterocycles. The van der Waals surface area contributed by atoms with Gasteiger partial charge >= 0.3 is 0 Å². The number of rotatable bonds is 4. The SMILES string of the molecule is CC(C)C(N)CNc1ccnc2cc(Br)cnc12. The third-order valence-corrected chi connectivity index (χ3v) is 3.36. The highest BCUT2D eigenvalue weighted by atomic mass is 79.9. The normalized spacial score (nSPS) is 12.9. The van der Waals surface area contributed by atoms with Gasteiger partial charge in [0.2, 0.25) is 0 Å². The standard InChI is InChI=1S/C13H17BrN4/c1-8(2)10(15)7-17-11-3-4-16-12-5-9(14)6-18-13(11)12/h3-6,8,10H,7,15H2,1-2H3,(H,16,17). The third kappa shape index (κ3) is 2.97. The quantitative estimate of drug-likeness (QED) is 0.911. The third-order valence-electron chi connectivity index (χ3n) is 2.93. The van der Waals surface area contributed by atoms with Gasteiger partial charge in [0.25, 0.3) is 0 Å². The van der Waals surface area contributed by atoms with Crippen LogP contribution in [-0.4, -0.2) is 22.6 Å². The van der Waals surface area contributed by atoms with Crippen LogP contribution in [0.4, 0.5) is 5.69 Å². The number of fused-ring (bicyclic) bond motifs is 1. The number of anilines is 1. The van der Waals surface area contributed by atoms with Crippen LogP contribution in [0.15, 0.2) is 29.0 Å². The molecule has 18 heavy (non-hydrogen) atoms. The Morgan fingerprint density at radius 1 is 1.39 bits per heavy atom. The molecule has 0 aliphatic heterocycles. The summed E-state index contributed by atoms with van der Waals surface area (Å²) in [5, 5.41) is 3.35. The minimum absolute atomic E-state index is 0.128. The summed E-state index contributed by atoms with van der Waals surface area (Å²) in [5.74, 6) is 0.452. The van der Waals surface area contributed by atoms with Crippen molar-refractivity contribution >= 4 is 32.7 Å². The first-order valence-electron chi connectivity index (χ1n) is 5.97. The Hall–Kier alpha value is -1.20. The molecule has 0 aliphatic rings. The van der Waals surface area contributed by atoms with Gasteiger partial charge in [0.15, 0.2) is 0 Å². The van der Waals surface area contributed by atoms with E-state index in [1.165, 1.54) is 0 Å². The van der Waals surface area contributed by atoms with E-state index in [4.69, 9.17) is 5.73 Å². The highest BCUT2D eigenvalue weighted by Crippen LogP contribution is 2.22. The molecule has 0 amide bonds. The van der Waals surface area contributed by atoms with E-state index in [0.717, 1.165) is 27.7 Å². The molecule has 2 rings (SSSR count). The van der Waals surface area contributed by atoms with Crippen molar-refractivity contribution in [2.75, 3.05) is 11.9 Å². The van der Waals surface area contributed by atoms with Crippen LogP contribution in [0.5, 0.6) is 0 Å². The second-order valence-corrected chi connectivity index (χ2v) is 5.58. The summed E-state index contributed by atoms with van der Waals surface area (Å²) in [5.41, 5.74) is 8.74. The van der Waals surface area contributed by atoms with Gasteiger partial charge in [0, 0.05) is 29.5 Å². The number of halogens is 1. The van der Waals surface area contributed by atoms with Gasteiger partial charge in [-0.25, -0.2) is 0 Å². The second-order valence-electron chi connectivity index (χ2n) is 4.67. The maximum absolute atomic E-state index is 6.03. The highest BCUT2D eigenvalue weighted by molar-refractivity contribution is 9.10. The van der Waals surface area contributed by atoms with Gasteiger partial charge in [-0.2, -0.15) is 0 Å². The van der Waals surface area contributed by atoms with E-state index in [0.29, 0.717) is 5.92 Å². The molecule has 3 N–H and O–H groups in total. The maximum Gasteiger partial charge on any atom is 0.112 e. The number of nitrogens with two attached hydrogens (primary N) is 1. The molecule has 0 aromatic carbocycles. The molecule has 0 aliphatic carbocycles. The first-order valence-corrected chi connectivity index (χ1v) is 6.77. The molecule has 0 fully saturated rings. The Bertz CT molecular complexity index is 542. The molecule has 4 nitrogen and oxygen atoms in total. The van der Waals surface area contributed by atoms with E-state index in [-0.39, 0.29) is 6.04 Å². The molecule has 0 radical (unpaired) electrons. The van der Waals surface area contributed by atoms with Crippen molar-refractivity contribution in [2.24, 2.45) is 11.7 Å². The Morgan fingerprint density at radius 2 is 2.17 bits per heavy atom. The molecule has 0 spiro atoms. The number of nitrogens with zero attached hydrogens (tertiary/aromatic N) is 2. The van der Waals surface area contributed by atoms with Gasteiger partial charge in [-0.1, -0.05) is 13.8 Å². The van der Waals surface area contributed by atoms with Crippen molar-refractivity contribution in [3.63, 3.8) is 0 Å². The predicted octanol–water partition coefficient (Wildman–Crippen LogP) is 2.79. The maximum atomic E-state index is 6.03. The lowest BCUT2D eigenvalue weighted by Gasteiger charge is -2.17. The zero-order valence-corrected chi connectivity index (χ0v) is 12.1. The zero-order chi connectivity index (χ0) is 13.1. The van der Waals surface area contributed by atoms with E-state index >= 15 is 0 Å². The topological polar surface area (TPSA) is 63.8 Å². The Kier molecular flexibility index (Phi) is 4.14. The summed E-state index contributed by atoms with van der Waals surface area (Å²) in [7, 11) is 0. The van der Waals surface area contributed by atoms with Crippen LogP contribution in [0.3, 0.4) is 0 Å². The molecule has 2 heterocycles. The Labute approximate surface area is 115 Å². The molecular formula is C13H17BrN4. The molecule has 96 valence electrons. The fraction of sp³-hybridized carbons (Fsp3) is 0.385. The number of hydrogen-bond donors (Lipinski definition) is 2. The van der Waals surface area contributed by atoms with Crippen molar-refractivity contribution in [3.8, 4) is 0 Å². The van der Waals surface area contributed by atoms with Gasteiger partial charge in [-0.15, -0.1) is 0 Å². The van der Waals surface area contributed by atoms with Crippen LogP contribution in [-0.2, 0) is 0 Å². The molecule has 0 saturated carbocycles. The average molecular weight is 309 g/mol. The fourth-order valence-electron chi connectivity index (χ4n) is 1.61. The van der Waals surface area contributed by atoms with E-state index < -0.39 is 0 Å². The summed E-state index contributed by atoms with van der Waals surface area (Å²) in [6.07, 6.45) is 3.55. The minimum atomic E-state index is 0.128. The summed E-state index contributed by atoms with van der Waals surface area (Å²) >= 11 is 3.40. The van der Waals surface area contributed by atoms with E-state index in [1.54, 1.807) is 12.4 Å². The van der Waals surface area contributed by atoms with Crippen molar-refractivity contribution in [1.29, 1.82) is 0 Å². The van der Waals surface area contributed by atoms with Gasteiger partial charge in [-0.3, -0.25) is 9.97 Å². The lowest BCUT2D eigenvalue weighted by atomic mass is 10.1. The van der Waals surface area contributed by atoms with Crippen molar-refractivity contribution < 1.29 is 0 Å². The first-order chi connectivity index (χ1) is 8.58. The Balaban J connectivity index is 2.23. The minimum Gasteiger partial charge on any atom is -0.382 e. The largest absolute Gasteiger partial charge is 0.382 e. The fourth-order valence-corrected chi connectivity index (χ4v) is 1.93. The molecule has 2 aromatic heterocycles. The molecule has 1 unspecified atom stereocenters. The van der Waals surface area contributed by atoms with Gasteiger partial charge in [0.1, 0.15) is 5.52 Å². The second kappa shape index (κ2) is 5.63. The number of aromatic nitrogens is 2. The average Bonchev–Trinajstić information content (AvgIpc) is 2.35. The van der Waals surface area contributed by atoms with Crippen molar-refractivity contribution in [2.45, 2.75) is 19.9 Å². The molecule has 5 heteroatoms. The smallest absolute Gasteiger partial charge is 0.112 e. The highest BCUT2D eigenvalue weighted by Gasteiger charge is 2.09. The number of nitrogens with one attached hydrogen (secondary N) is 1.